The molecule has 4 heteroatoms. The zero-order valence-electron chi connectivity index (χ0n) is 11.7. The first-order valence-corrected chi connectivity index (χ1v) is 6.83. The number of nitrogens with zero attached hydrogens (tertiary/aromatic N) is 2. The second-order valence-electron chi connectivity index (χ2n) is 5.18. The van der Waals surface area contributed by atoms with Gasteiger partial charge >= 0.3 is 5.97 Å². The lowest BCUT2D eigenvalue weighted by Crippen LogP contribution is -2.53. The van der Waals surface area contributed by atoms with Crippen LogP contribution in [-0.2, 0) is 4.79 Å². The van der Waals surface area contributed by atoms with Gasteiger partial charge in [-0.25, -0.2) is 14.3 Å². The van der Waals surface area contributed by atoms with Crippen LogP contribution in [0.25, 0.3) is 0 Å². The third kappa shape index (κ3) is 3.42. The summed E-state index contributed by atoms with van der Waals surface area (Å²) in [5.41, 5.74) is 0. The van der Waals surface area contributed by atoms with Gasteiger partial charge in [0.1, 0.15) is 6.20 Å². The van der Waals surface area contributed by atoms with Gasteiger partial charge in [-0.05, 0) is 6.42 Å². The van der Waals surface area contributed by atoms with Gasteiger partial charge < -0.3 is 5.11 Å². The van der Waals surface area contributed by atoms with E-state index in [1.54, 1.807) is 6.20 Å². The lowest BCUT2D eigenvalue weighted by molar-refractivity contribution is -0.784. The predicted molar refractivity (Wildman–Crippen MR) is 73.2 cm³/mol. The maximum Gasteiger partial charge on any atom is 0.363 e. The molecule has 2 atom stereocenters. The Balaban J connectivity index is 2.54. The molecule has 0 spiro atoms. The second kappa shape index (κ2) is 6.69. The van der Waals surface area contributed by atoms with Crippen molar-refractivity contribution < 1.29 is 14.4 Å². The molecule has 0 saturated heterocycles. The van der Waals surface area contributed by atoms with E-state index in [0.29, 0.717) is 10.9 Å². The van der Waals surface area contributed by atoms with Crippen molar-refractivity contribution in [3.63, 3.8) is 0 Å². The molecule has 0 amide bonds. The summed E-state index contributed by atoms with van der Waals surface area (Å²) in [5.74, 6) is 0.130. The van der Waals surface area contributed by atoms with Crippen molar-refractivity contribution in [3.8, 4) is 0 Å². The van der Waals surface area contributed by atoms with Crippen LogP contribution in [0.2, 0.25) is 0 Å². The first kappa shape index (κ1) is 14.9. The lowest BCUT2D eigenvalue weighted by Gasteiger charge is -2.32. The van der Waals surface area contributed by atoms with E-state index < -0.39 is 12.0 Å². The molecule has 18 heavy (non-hydrogen) atoms. The minimum atomic E-state index is -0.728. The number of carboxylic acids is 1. The molecule has 1 heterocycles. The van der Waals surface area contributed by atoms with Gasteiger partial charge in [0.2, 0.25) is 5.84 Å². The third-order valence-corrected chi connectivity index (χ3v) is 3.85. The quantitative estimate of drug-likeness (QED) is 0.533. The number of carbonyl (C=O) groups is 1. The lowest BCUT2D eigenvalue weighted by atomic mass is 10.0. The summed E-state index contributed by atoms with van der Waals surface area (Å²) in [6, 6.07) is -0.408. The monoisotopic (exact) mass is 253 g/mol. The minimum Gasteiger partial charge on any atom is -0.477 e. The highest BCUT2D eigenvalue weighted by atomic mass is 16.4. The molecule has 0 aromatic carbocycles. The molecule has 0 aliphatic carbocycles. The standard InChI is InChI=1S/C14H24N2O2/c1-4-5-6-7-8-9-13(14(17)18)16(3)11-10-15-12(16)2/h10-11,13H,4-9H2,1-3H3/p+1. The predicted octanol–water partition coefficient (Wildman–Crippen LogP) is 3.15. The number of rotatable bonds is 8. The van der Waals surface area contributed by atoms with E-state index in [4.69, 9.17) is 0 Å². The largest absolute Gasteiger partial charge is 0.477 e. The molecular formula is C14H25N2O2+. The average molecular weight is 253 g/mol. The topological polar surface area (TPSA) is 49.7 Å². The van der Waals surface area contributed by atoms with Crippen LogP contribution >= 0.6 is 0 Å². The molecule has 1 aliphatic heterocycles. The van der Waals surface area contributed by atoms with Crippen molar-refractivity contribution in [2.75, 3.05) is 7.05 Å². The Kier molecular flexibility index (Phi) is 5.54. The highest BCUT2D eigenvalue weighted by Crippen LogP contribution is 2.23. The van der Waals surface area contributed by atoms with E-state index in [9.17, 15) is 9.90 Å². The van der Waals surface area contributed by atoms with Crippen molar-refractivity contribution in [2.24, 2.45) is 4.99 Å². The number of hydrogen-bond donors (Lipinski definition) is 1. The first-order chi connectivity index (χ1) is 8.52. The van der Waals surface area contributed by atoms with E-state index in [2.05, 4.69) is 11.9 Å². The fraction of sp³-hybridized carbons (Fsp3) is 0.714. The molecule has 0 bridgehead atoms. The van der Waals surface area contributed by atoms with Crippen molar-refractivity contribution >= 4 is 11.8 Å². The Morgan fingerprint density at radius 1 is 1.39 bits per heavy atom. The van der Waals surface area contributed by atoms with E-state index in [1.165, 1.54) is 19.3 Å². The number of likely N-dealkylation sites (N-methyl/N-ethyl adjacent to an activating group) is 1. The number of carboxylic acid groups (broad SMARTS) is 1. The van der Waals surface area contributed by atoms with E-state index in [1.807, 2.05) is 20.2 Å². The maximum absolute atomic E-state index is 11.5. The normalized spacial score (nSPS) is 24.1. The van der Waals surface area contributed by atoms with Crippen LogP contribution < -0.4 is 0 Å². The fourth-order valence-corrected chi connectivity index (χ4v) is 2.40. The number of aliphatic imine (C=N–C) groups is 1. The molecular weight excluding hydrogens is 228 g/mol. The number of aliphatic carboxylic acids is 1. The van der Waals surface area contributed by atoms with Crippen LogP contribution in [0.1, 0.15) is 52.4 Å². The van der Waals surface area contributed by atoms with E-state index >= 15 is 0 Å². The summed E-state index contributed by atoms with van der Waals surface area (Å²) in [6.07, 6.45) is 10.1. The first-order valence-electron chi connectivity index (χ1n) is 6.83. The summed E-state index contributed by atoms with van der Waals surface area (Å²) in [4.78, 5) is 15.6. The van der Waals surface area contributed by atoms with Crippen molar-refractivity contribution in [1.82, 2.24) is 0 Å². The van der Waals surface area contributed by atoms with Gasteiger partial charge in [0.05, 0.1) is 13.2 Å². The summed E-state index contributed by atoms with van der Waals surface area (Å²) in [5, 5.41) is 9.41. The molecule has 1 rings (SSSR count). The maximum atomic E-state index is 11.5. The Morgan fingerprint density at radius 2 is 2.06 bits per heavy atom. The number of unbranched alkanes of at least 4 members (excludes halogenated alkanes) is 4. The van der Waals surface area contributed by atoms with Crippen LogP contribution in [0.15, 0.2) is 17.4 Å². The third-order valence-electron chi connectivity index (χ3n) is 3.85. The Hall–Kier alpha value is -1.16. The SMILES string of the molecule is CCCCCCCC(C(=O)O)[N+]1(C)C=CN=C1C. The highest BCUT2D eigenvalue weighted by Gasteiger charge is 2.41. The molecule has 2 unspecified atom stereocenters. The molecule has 1 aliphatic rings. The van der Waals surface area contributed by atoms with Gasteiger partial charge in [-0.2, -0.15) is 0 Å². The fourth-order valence-electron chi connectivity index (χ4n) is 2.40. The summed E-state index contributed by atoms with van der Waals surface area (Å²) < 4.78 is 0.323. The van der Waals surface area contributed by atoms with Crippen LogP contribution in [0, 0.1) is 0 Å². The Morgan fingerprint density at radius 3 is 2.56 bits per heavy atom. The van der Waals surface area contributed by atoms with Gasteiger partial charge in [-0.15, -0.1) is 0 Å². The van der Waals surface area contributed by atoms with Gasteiger partial charge in [-0.3, -0.25) is 0 Å². The van der Waals surface area contributed by atoms with Gasteiger partial charge in [0.15, 0.2) is 6.04 Å². The molecule has 0 radical (unpaired) electrons. The second-order valence-corrected chi connectivity index (χ2v) is 5.18. The number of amidine groups is 1. The van der Waals surface area contributed by atoms with E-state index in [0.717, 1.165) is 18.7 Å². The molecule has 102 valence electrons. The molecule has 4 nitrogen and oxygen atoms in total. The summed E-state index contributed by atoms with van der Waals surface area (Å²) in [7, 11) is 1.92. The molecule has 0 saturated carbocycles. The molecule has 1 N–H and O–H groups in total. The molecule has 0 aromatic rings. The van der Waals surface area contributed by atoms with Crippen molar-refractivity contribution in [3.05, 3.63) is 12.4 Å². The average Bonchev–Trinajstić information content (AvgIpc) is 2.64. The smallest absolute Gasteiger partial charge is 0.363 e. The number of quaternary nitrogens is 1. The minimum absolute atomic E-state index is 0.323. The highest BCUT2D eigenvalue weighted by molar-refractivity contribution is 5.80. The molecule has 0 fully saturated rings. The summed E-state index contributed by atoms with van der Waals surface area (Å²) >= 11 is 0. The zero-order valence-corrected chi connectivity index (χ0v) is 11.7. The van der Waals surface area contributed by atoms with Crippen LogP contribution in [0.5, 0.6) is 0 Å². The van der Waals surface area contributed by atoms with Gasteiger partial charge in [0, 0.05) is 13.3 Å². The Bertz CT molecular complexity index is 350. The summed E-state index contributed by atoms with van der Waals surface area (Å²) in [6.45, 7) is 4.08. The van der Waals surface area contributed by atoms with Crippen molar-refractivity contribution in [2.45, 2.75) is 58.4 Å². The van der Waals surface area contributed by atoms with Crippen LogP contribution in [0.3, 0.4) is 0 Å². The van der Waals surface area contributed by atoms with Gasteiger partial charge in [0.25, 0.3) is 0 Å². The van der Waals surface area contributed by atoms with Gasteiger partial charge in [-0.1, -0.05) is 32.6 Å². The van der Waals surface area contributed by atoms with Crippen LogP contribution in [-0.4, -0.2) is 34.5 Å². The van der Waals surface area contributed by atoms with Crippen molar-refractivity contribution in [1.29, 1.82) is 0 Å². The number of hydrogen-bond acceptors (Lipinski definition) is 2. The zero-order chi connectivity index (χ0) is 13.6. The molecule has 0 aromatic heterocycles. The van der Waals surface area contributed by atoms with Crippen LogP contribution in [0.4, 0.5) is 0 Å². The van der Waals surface area contributed by atoms with E-state index in [-0.39, 0.29) is 0 Å². The Labute approximate surface area is 110 Å².